The van der Waals surface area contributed by atoms with Crippen LogP contribution in [0.4, 0.5) is 5.69 Å². The van der Waals surface area contributed by atoms with E-state index < -0.39 is 29.8 Å². The summed E-state index contributed by atoms with van der Waals surface area (Å²) in [5, 5.41) is 32.2. The molecular formula is C12H14N2O6. The van der Waals surface area contributed by atoms with Crippen LogP contribution < -0.4 is 10.6 Å². The van der Waals surface area contributed by atoms with Crippen molar-refractivity contribution in [2.75, 3.05) is 5.32 Å². The monoisotopic (exact) mass is 282 g/mol. The van der Waals surface area contributed by atoms with E-state index in [0.29, 0.717) is 6.41 Å². The Hall–Kier alpha value is -2.61. The Morgan fingerprint density at radius 3 is 2.50 bits per heavy atom. The number of carbonyl (C=O) groups is 3. The third kappa shape index (κ3) is 3.45. The van der Waals surface area contributed by atoms with Crippen LogP contribution in [-0.4, -0.2) is 45.8 Å². The molecule has 0 aliphatic heterocycles. The number of aliphatic hydroxyl groups excluding tert-OH is 1. The fourth-order valence-corrected chi connectivity index (χ4v) is 1.51. The molecule has 1 rings (SSSR count). The van der Waals surface area contributed by atoms with Crippen molar-refractivity contribution in [2.45, 2.75) is 19.1 Å². The maximum Gasteiger partial charge on any atom is 0.328 e. The zero-order chi connectivity index (χ0) is 15.3. The molecule has 0 spiro atoms. The van der Waals surface area contributed by atoms with E-state index >= 15 is 0 Å². The molecule has 0 saturated carbocycles. The highest BCUT2D eigenvalue weighted by molar-refractivity contribution is 6.01. The van der Waals surface area contributed by atoms with E-state index in [1.54, 1.807) is 0 Å². The third-order valence-corrected chi connectivity index (χ3v) is 2.53. The second-order valence-electron chi connectivity index (χ2n) is 3.99. The molecule has 0 aromatic heterocycles. The van der Waals surface area contributed by atoms with E-state index in [-0.39, 0.29) is 11.3 Å². The smallest absolute Gasteiger partial charge is 0.328 e. The predicted molar refractivity (Wildman–Crippen MR) is 68.4 cm³/mol. The van der Waals surface area contributed by atoms with Gasteiger partial charge in [0.2, 0.25) is 6.41 Å². The highest BCUT2D eigenvalue weighted by atomic mass is 16.4. The van der Waals surface area contributed by atoms with E-state index in [9.17, 15) is 24.6 Å². The minimum atomic E-state index is -1.51. The number of carboxylic acid groups (broad SMARTS) is 1. The number of para-hydroxylation sites is 1. The molecular weight excluding hydrogens is 268 g/mol. The number of anilines is 1. The first-order chi connectivity index (χ1) is 9.38. The van der Waals surface area contributed by atoms with E-state index in [2.05, 4.69) is 10.6 Å². The number of aliphatic hydroxyl groups is 1. The van der Waals surface area contributed by atoms with Crippen LogP contribution in [0.2, 0.25) is 0 Å². The van der Waals surface area contributed by atoms with Crippen LogP contribution in [0.15, 0.2) is 18.2 Å². The number of hydrogen-bond donors (Lipinski definition) is 5. The van der Waals surface area contributed by atoms with Crippen molar-refractivity contribution in [3.05, 3.63) is 23.8 Å². The number of carboxylic acids is 1. The van der Waals surface area contributed by atoms with Gasteiger partial charge >= 0.3 is 5.97 Å². The van der Waals surface area contributed by atoms with Crippen LogP contribution in [0.3, 0.4) is 0 Å². The van der Waals surface area contributed by atoms with Gasteiger partial charge in [-0.2, -0.15) is 0 Å². The molecule has 1 aromatic rings. The number of carbonyl (C=O) groups excluding carboxylic acids is 2. The largest absolute Gasteiger partial charge is 0.505 e. The van der Waals surface area contributed by atoms with Crippen molar-refractivity contribution in [1.29, 1.82) is 0 Å². The van der Waals surface area contributed by atoms with Crippen molar-refractivity contribution in [3.63, 3.8) is 0 Å². The second-order valence-corrected chi connectivity index (χ2v) is 3.99. The molecule has 0 saturated heterocycles. The van der Waals surface area contributed by atoms with Gasteiger partial charge in [0.05, 0.1) is 17.4 Å². The van der Waals surface area contributed by atoms with Crippen molar-refractivity contribution in [3.8, 4) is 5.75 Å². The number of benzene rings is 1. The van der Waals surface area contributed by atoms with Gasteiger partial charge in [0.25, 0.3) is 5.91 Å². The fraction of sp³-hybridized carbons (Fsp3) is 0.250. The fourth-order valence-electron chi connectivity index (χ4n) is 1.51. The number of phenols is 1. The molecule has 2 atom stereocenters. The first-order valence-corrected chi connectivity index (χ1v) is 5.62. The molecule has 0 fully saturated rings. The second kappa shape index (κ2) is 6.53. The molecule has 8 nitrogen and oxygen atoms in total. The summed E-state index contributed by atoms with van der Waals surface area (Å²) in [6.45, 7) is 1.21. The van der Waals surface area contributed by atoms with E-state index in [0.717, 1.165) is 0 Å². The molecule has 2 amide bonds. The summed E-state index contributed by atoms with van der Waals surface area (Å²) >= 11 is 0. The zero-order valence-corrected chi connectivity index (χ0v) is 10.5. The number of rotatable bonds is 6. The van der Waals surface area contributed by atoms with Crippen molar-refractivity contribution in [1.82, 2.24) is 5.32 Å². The molecule has 1 aromatic carbocycles. The first kappa shape index (κ1) is 15.4. The third-order valence-electron chi connectivity index (χ3n) is 2.53. The number of nitrogens with one attached hydrogen (secondary N) is 2. The molecule has 20 heavy (non-hydrogen) atoms. The zero-order valence-electron chi connectivity index (χ0n) is 10.5. The molecule has 5 N–H and O–H groups in total. The van der Waals surface area contributed by atoms with E-state index in [1.165, 1.54) is 25.1 Å². The topological polar surface area (TPSA) is 136 Å². The Balaban J connectivity index is 3.00. The standard InChI is InChI=1S/C12H14N2O6/c1-6(16)9(12(19)20)14-11(18)7-3-2-4-8(10(7)17)13-5-15/h2-6,9,16-17H,1H3,(H,13,15)(H,14,18)(H,19,20)/t6-,9-/m1/s1. The van der Waals surface area contributed by atoms with Crippen LogP contribution in [0.5, 0.6) is 5.75 Å². The summed E-state index contributed by atoms with van der Waals surface area (Å²) < 4.78 is 0. The van der Waals surface area contributed by atoms with Gasteiger partial charge in [0.1, 0.15) is 0 Å². The molecule has 0 radical (unpaired) electrons. The minimum Gasteiger partial charge on any atom is -0.505 e. The van der Waals surface area contributed by atoms with Crippen molar-refractivity contribution in [2.24, 2.45) is 0 Å². The number of phenolic OH excluding ortho intramolecular Hbond substituents is 1. The SMILES string of the molecule is C[C@@H](O)[C@@H](NC(=O)c1cccc(NC=O)c1O)C(=O)O. The van der Waals surface area contributed by atoms with Crippen LogP contribution >= 0.6 is 0 Å². The van der Waals surface area contributed by atoms with Crippen molar-refractivity contribution >= 4 is 24.0 Å². The Bertz CT molecular complexity index is 529. The van der Waals surface area contributed by atoms with Crippen molar-refractivity contribution < 1.29 is 29.7 Å². The van der Waals surface area contributed by atoms with Gasteiger partial charge < -0.3 is 26.0 Å². The Kier molecular flexibility index (Phi) is 5.04. The minimum absolute atomic E-state index is 0.0107. The number of aromatic hydroxyl groups is 1. The lowest BCUT2D eigenvalue weighted by molar-refractivity contribution is -0.141. The first-order valence-electron chi connectivity index (χ1n) is 5.62. The Labute approximate surface area is 114 Å². The van der Waals surface area contributed by atoms with Crippen LogP contribution in [0.1, 0.15) is 17.3 Å². The lowest BCUT2D eigenvalue weighted by atomic mass is 10.1. The van der Waals surface area contributed by atoms with Gasteiger partial charge in [-0.05, 0) is 19.1 Å². The molecule has 0 bridgehead atoms. The number of aliphatic carboxylic acids is 1. The van der Waals surface area contributed by atoms with Gasteiger partial charge in [0, 0.05) is 0 Å². The Morgan fingerprint density at radius 1 is 1.35 bits per heavy atom. The normalized spacial score (nSPS) is 13.1. The summed E-state index contributed by atoms with van der Waals surface area (Å²) in [6.07, 6.45) is -0.984. The molecule has 0 aliphatic rings. The maximum atomic E-state index is 11.9. The summed E-state index contributed by atoms with van der Waals surface area (Å²) in [5.74, 6) is -2.79. The summed E-state index contributed by atoms with van der Waals surface area (Å²) in [4.78, 5) is 33.1. The lowest BCUT2D eigenvalue weighted by Crippen LogP contribution is -2.47. The quantitative estimate of drug-likeness (QED) is 0.353. The molecule has 0 unspecified atom stereocenters. The van der Waals surface area contributed by atoms with Crippen LogP contribution in [0, 0.1) is 0 Å². The van der Waals surface area contributed by atoms with Gasteiger partial charge in [0.15, 0.2) is 11.8 Å². The van der Waals surface area contributed by atoms with E-state index in [4.69, 9.17) is 5.11 Å². The molecule has 8 heteroatoms. The number of hydrogen-bond acceptors (Lipinski definition) is 5. The average Bonchev–Trinajstić information content (AvgIpc) is 2.37. The predicted octanol–water partition coefficient (Wildman–Crippen LogP) is -0.476. The van der Waals surface area contributed by atoms with E-state index in [1.807, 2.05) is 0 Å². The Morgan fingerprint density at radius 2 is 2.00 bits per heavy atom. The van der Waals surface area contributed by atoms with Gasteiger partial charge in [-0.25, -0.2) is 4.79 Å². The molecule has 0 aliphatic carbocycles. The van der Waals surface area contributed by atoms with Gasteiger partial charge in [-0.15, -0.1) is 0 Å². The van der Waals surface area contributed by atoms with Gasteiger partial charge in [-0.3, -0.25) is 9.59 Å². The lowest BCUT2D eigenvalue weighted by Gasteiger charge is -2.17. The van der Waals surface area contributed by atoms with Gasteiger partial charge in [-0.1, -0.05) is 6.07 Å². The summed E-state index contributed by atoms with van der Waals surface area (Å²) in [7, 11) is 0. The highest BCUT2D eigenvalue weighted by Gasteiger charge is 2.26. The molecule has 108 valence electrons. The maximum absolute atomic E-state index is 11.9. The molecule has 0 heterocycles. The summed E-state index contributed by atoms with van der Waals surface area (Å²) in [5.41, 5.74) is -0.208. The highest BCUT2D eigenvalue weighted by Crippen LogP contribution is 2.26. The average molecular weight is 282 g/mol. The number of amides is 2. The van der Waals surface area contributed by atoms with Crippen LogP contribution in [0.25, 0.3) is 0 Å². The summed E-state index contributed by atoms with van der Waals surface area (Å²) in [6, 6.07) is 2.51. The van der Waals surface area contributed by atoms with Crippen LogP contribution in [-0.2, 0) is 9.59 Å².